The van der Waals surface area contributed by atoms with Gasteiger partial charge in [-0.15, -0.1) is 0 Å². The van der Waals surface area contributed by atoms with Gasteiger partial charge in [-0.3, -0.25) is 4.99 Å². The molecule has 1 N–H and O–H groups in total. The first-order chi connectivity index (χ1) is 9.03. The second-order valence-electron chi connectivity index (χ2n) is 5.17. The lowest BCUT2D eigenvalue weighted by Gasteiger charge is -2.29. The molecular weight excluding hydrogens is 256 g/mol. The van der Waals surface area contributed by atoms with Crippen molar-refractivity contribution < 1.29 is 0 Å². The summed E-state index contributed by atoms with van der Waals surface area (Å²) in [7, 11) is 1.90. The lowest BCUT2D eigenvalue weighted by atomic mass is 9.76. The summed E-state index contributed by atoms with van der Waals surface area (Å²) in [6.45, 7) is 4.28. The third-order valence-corrected chi connectivity index (χ3v) is 3.68. The third-order valence-electron chi connectivity index (χ3n) is 3.42. The van der Waals surface area contributed by atoms with Crippen LogP contribution in [0.2, 0.25) is 0 Å². The van der Waals surface area contributed by atoms with Gasteiger partial charge in [-0.2, -0.15) is 0 Å². The largest absolute Gasteiger partial charge is 0.387 e. The summed E-state index contributed by atoms with van der Waals surface area (Å²) in [5, 5.41) is 3.99. The number of allylic oxidation sites excluding steroid dienone is 8. The number of hydrogen-bond acceptors (Lipinski definition) is 2. The molecular formula is C16H19ClN2. The summed E-state index contributed by atoms with van der Waals surface area (Å²) in [6, 6.07) is 0. The Morgan fingerprint density at radius 1 is 1.37 bits per heavy atom. The number of nitrogens with zero attached hydrogens (tertiary/aromatic N) is 1. The van der Waals surface area contributed by atoms with Crippen LogP contribution in [-0.4, -0.2) is 13.3 Å². The van der Waals surface area contributed by atoms with Crippen LogP contribution < -0.4 is 5.32 Å². The first-order valence-electron chi connectivity index (χ1n) is 6.39. The molecule has 0 radical (unpaired) electrons. The van der Waals surface area contributed by atoms with E-state index in [1.165, 1.54) is 11.1 Å². The quantitative estimate of drug-likeness (QED) is 0.806. The lowest BCUT2D eigenvalue weighted by molar-refractivity contribution is 0.534. The average Bonchev–Trinajstić information content (AvgIpc) is 2.32. The average molecular weight is 275 g/mol. The van der Waals surface area contributed by atoms with Crippen molar-refractivity contribution in [3.05, 3.63) is 58.5 Å². The van der Waals surface area contributed by atoms with E-state index in [0.29, 0.717) is 0 Å². The van der Waals surface area contributed by atoms with Gasteiger partial charge in [-0.05, 0) is 36.6 Å². The van der Waals surface area contributed by atoms with Gasteiger partial charge in [0.1, 0.15) is 0 Å². The van der Waals surface area contributed by atoms with Gasteiger partial charge in [0, 0.05) is 29.9 Å². The molecule has 1 aliphatic heterocycles. The number of hydrogen-bond donors (Lipinski definition) is 1. The Morgan fingerprint density at radius 2 is 2.16 bits per heavy atom. The highest BCUT2D eigenvalue weighted by Crippen LogP contribution is 2.39. The Kier molecular flexibility index (Phi) is 4.11. The summed E-state index contributed by atoms with van der Waals surface area (Å²) >= 11 is 6.18. The number of likely N-dealkylation sites (N-methyl/N-ethyl adjacent to an activating group) is 1. The van der Waals surface area contributed by atoms with E-state index in [1.54, 1.807) is 0 Å². The zero-order valence-corrected chi connectivity index (χ0v) is 12.3. The van der Waals surface area contributed by atoms with Crippen LogP contribution in [0.15, 0.2) is 63.4 Å². The van der Waals surface area contributed by atoms with E-state index < -0.39 is 0 Å². The summed E-state index contributed by atoms with van der Waals surface area (Å²) in [5.74, 6) is 0. The van der Waals surface area contributed by atoms with Crippen LogP contribution in [0.4, 0.5) is 0 Å². The number of aliphatic imine (C=N–C) groups is 1. The Bertz CT molecular complexity index is 547. The Hall–Kier alpha value is -1.54. The van der Waals surface area contributed by atoms with Crippen LogP contribution in [-0.2, 0) is 0 Å². The summed E-state index contributed by atoms with van der Waals surface area (Å²) in [4.78, 5) is 4.39. The molecule has 1 unspecified atom stereocenters. The van der Waals surface area contributed by atoms with Crippen LogP contribution >= 0.6 is 11.6 Å². The molecule has 0 fully saturated rings. The fourth-order valence-electron chi connectivity index (χ4n) is 2.29. The molecule has 0 aromatic rings. The predicted molar refractivity (Wildman–Crippen MR) is 83.3 cm³/mol. The van der Waals surface area contributed by atoms with Crippen LogP contribution in [0, 0.1) is 5.41 Å². The molecule has 0 spiro atoms. The van der Waals surface area contributed by atoms with Crippen molar-refractivity contribution in [2.45, 2.75) is 20.3 Å². The van der Waals surface area contributed by atoms with Gasteiger partial charge in [0.2, 0.25) is 0 Å². The molecule has 0 bridgehead atoms. The Balaban J connectivity index is 2.34. The van der Waals surface area contributed by atoms with Crippen LogP contribution in [0.5, 0.6) is 0 Å². The standard InChI is InChI=1S/C16H19ClN2/c1-12-7-13(10-19-11-15(8-12)18-3)16(2)6-4-5-14(17)9-16/h4-8,10-11,18H,9H2,1-3H3/b12-7?,12-8+,13-7+,13-10?,15-8?,15-11+,19-10+,19-11?. The van der Waals surface area contributed by atoms with Crippen LogP contribution in [0.25, 0.3) is 0 Å². The predicted octanol–water partition coefficient (Wildman–Crippen LogP) is 4.09. The molecule has 2 rings (SSSR count). The molecule has 0 aromatic carbocycles. The number of rotatable bonds is 2. The minimum atomic E-state index is -0.0879. The van der Waals surface area contributed by atoms with Crippen molar-refractivity contribution in [1.29, 1.82) is 0 Å². The van der Waals surface area contributed by atoms with Gasteiger partial charge in [-0.25, -0.2) is 0 Å². The van der Waals surface area contributed by atoms with Crippen molar-refractivity contribution in [3.8, 4) is 0 Å². The van der Waals surface area contributed by atoms with Gasteiger partial charge in [0.05, 0.1) is 5.70 Å². The van der Waals surface area contributed by atoms with Crippen LogP contribution in [0.1, 0.15) is 20.3 Å². The van der Waals surface area contributed by atoms with E-state index in [2.05, 4.69) is 42.4 Å². The van der Waals surface area contributed by atoms with Crippen molar-refractivity contribution in [1.82, 2.24) is 5.32 Å². The van der Waals surface area contributed by atoms with Crippen molar-refractivity contribution in [2.75, 3.05) is 7.05 Å². The Labute approximate surface area is 120 Å². The highest BCUT2D eigenvalue weighted by Gasteiger charge is 2.28. The zero-order valence-electron chi connectivity index (χ0n) is 11.6. The van der Waals surface area contributed by atoms with Crippen molar-refractivity contribution >= 4 is 17.8 Å². The van der Waals surface area contributed by atoms with Crippen LogP contribution in [0.3, 0.4) is 0 Å². The number of halogens is 1. The maximum Gasteiger partial charge on any atom is 0.0526 e. The summed E-state index contributed by atoms with van der Waals surface area (Å²) in [5.41, 5.74) is 3.29. The first kappa shape index (κ1) is 13.9. The summed E-state index contributed by atoms with van der Waals surface area (Å²) < 4.78 is 0. The minimum Gasteiger partial charge on any atom is -0.387 e. The van der Waals surface area contributed by atoms with Gasteiger partial charge in [0.25, 0.3) is 0 Å². The highest BCUT2D eigenvalue weighted by molar-refractivity contribution is 6.29. The van der Waals surface area contributed by atoms with E-state index in [-0.39, 0.29) is 5.41 Å². The van der Waals surface area contributed by atoms with Gasteiger partial charge in [-0.1, -0.05) is 36.8 Å². The second-order valence-corrected chi connectivity index (χ2v) is 5.65. The molecule has 1 aliphatic carbocycles. The van der Waals surface area contributed by atoms with E-state index >= 15 is 0 Å². The highest BCUT2D eigenvalue weighted by atomic mass is 35.5. The Morgan fingerprint density at radius 3 is 2.84 bits per heavy atom. The zero-order chi connectivity index (χ0) is 13.9. The van der Waals surface area contributed by atoms with Crippen molar-refractivity contribution in [3.63, 3.8) is 0 Å². The molecule has 1 atom stereocenters. The molecule has 3 heteroatoms. The van der Waals surface area contributed by atoms with E-state index in [0.717, 1.165) is 17.2 Å². The maximum atomic E-state index is 6.18. The molecule has 100 valence electrons. The smallest absolute Gasteiger partial charge is 0.0526 e. The van der Waals surface area contributed by atoms with Gasteiger partial charge in [0.15, 0.2) is 0 Å². The van der Waals surface area contributed by atoms with E-state index in [4.69, 9.17) is 11.6 Å². The van der Waals surface area contributed by atoms with E-state index in [9.17, 15) is 0 Å². The molecule has 0 amide bonds. The molecule has 2 aliphatic rings. The van der Waals surface area contributed by atoms with Crippen molar-refractivity contribution in [2.24, 2.45) is 10.4 Å². The molecule has 0 saturated heterocycles. The molecule has 2 nitrogen and oxygen atoms in total. The van der Waals surface area contributed by atoms with Gasteiger partial charge < -0.3 is 5.32 Å². The monoisotopic (exact) mass is 274 g/mol. The molecule has 0 aromatic heterocycles. The summed E-state index contributed by atoms with van der Waals surface area (Å²) in [6.07, 6.45) is 15.0. The van der Waals surface area contributed by atoms with Gasteiger partial charge >= 0.3 is 0 Å². The van der Waals surface area contributed by atoms with E-state index in [1.807, 2.05) is 31.6 Å². The lowest BCUT2D eigenvalue weighted by Crippen LogP contribution is -2.20. The minimum absolute atomic E-state index is 0.0879. The fourth-order valence-corrected chi connectivity index (χ4v) is 2.64. The topological polar surface area (TPSA) is 24.4 Å². The molecule has 19 heavy (non-hydrogen) atoms. The maximum absolute atomic E-state index is 6.18. The normalized spacial score (nSPS) is 36.6. The SMILES string of the molecule is CNC1=C/N=C/C(C2(C)C=CC=C(Cl)C2)=C\C(C)=C\1. The molecule has 1 heterocycles. The first-order valence-corrected chi connectivity index (χ1v) is 6.77. The third kappa shape index (κ3) is 3.27. The number of nitrogens with one attached hydrogen (secondary N) is 1. The molecule has 0 saturated carbocycles. The second kappa shape index (κ2) is 5.62. The fraction of sp³-hybridized carbons (Fsp3) is 0.312.